The van der Waals surface area contributed by atoms with Gasteiger partial charge in [0.2, 0.25) is 5.88 Å². The van der Waals surface area contributed by atoms with E-state index in [4.69, 9.17) is 24.2 Å². The van der Waals surface area contributed by atoms with Crippen LogP contribution in [0.5, 0.6) is 11.6 Å². The number of ether oxygens (including phenoxy) is 3. The van der Waals surface area contributed by atoms with E-state index in [0.29, 0.717) is 37.3 Å². The molecule has 1 aromatic carbocycles. The van der Waals surface area contributed by atoms with Gasteiger partial charge < -0.3 is 19.1 Å². The van der Waals surface area contributed by atoms with Crippen molar-refractivity contribution in [1.82, 2.24) is 15.0 Å². The molecule has 1 saturated carbocycles. The molecule has 0 bridgehead atoms. The van der Waals surface area contributed by atoms with E-state index >= 15 is 0 Å². The van der Waals surface area contributed by atoms with E-state index in [1.54, 1.807) is 20.5 Å². The second-order valence-corrected chi connectivity index (χ2v) is 12.5. The van der Waals surface area contributed by atoms with Crippen molar-refractivity contribution in [2.45, 2.75) is 43.9 Å². The van der Waals surface area contributed by atoms with E-state index in [9.17, 15) is 4.21 Å². The summed E-state index contributed by atoms with van der Waals surface area (Å²) in [6.07, 6.45) is 5.16. The maximum Gasteiger partial charge on any atom is 0.213 e. The number of aromatic nitrogens is 3. The van der Waals surface area contributed by atoms with Crippen molar-refractivity contribution in [2.24, 2.45) is 4.36 Å². The Balaban J connectivity index is 1.51. The summed E-state index contributed by atoms with van der Waals surface area (Å²) in [6, 6.07) is 13.9. The third-order valence-corrected chi connectivity index (χ3v) is 9.19. The lowest BCUT2D eigenvalue weighted by Crippen LogP contribution is -2.44. The minimum atomic E-state index is -2.37. The molecule has 0 radical (unpaired) electrons. The van der Waals surface area contributed by atoms with Gasteiger partial charge in [-0.2, -0.15) is 4.36 Å². The third-order valence-electron chi connectivity index (χ3n) is 6.93. The number of pyridine rings is 1. The summed E-state index contributed by atoms with van der Waals surface area (Å²) < 4.78 is 34.3. The van der Waals surface area contributed by atoms with Crippen LogP contribution >= 0.6 is 0 Å². The zero-order valence-electron chi connectivity index (χ0n) is 22.4. The molecular weight excluding hydrogens is 502 g/mol. The van der Waals surface area contributed by atoms with Gasteiger partial charge in [-0.05, 0) is 56.4 Å². The molecule has 3 heterocycles. The highest BCUT2D eigenvalue weighted by Crippen LogP contribution is 2.33. The second-order valence-electron chi connectivity index (χ2n) is 9.91. The molecule has 2 aliphatic rings. The first-order chi connectivity index (χ1) is 18.3. The maximum absolute atomic E-state index is 13.2. The van der Waals surface area contributed by atoms with E-state index in [0.717, 1.165) is 48.5 Å². The summed E-state index contributed by atoms with van der Waals surface area (Å²) in [6.45, 7) is 4.07. The number of hydrogen-bond acceptors (Lipinski definition) is 9. The van der Waals surface area contributed by atoms with Crippen LogP contribution in [0, 0.1) is 0 Å². The molecule has 38 heavy (non-hydrogen) atoms. The Bertz CT molecular complexity index is 1400. The maximum atomic E-state index is 13.2. The average Bonchev–Trinajstić information content (AvgIpc) is 3.78. The summed E-state index contributed by atoms with van der Waals surface area (Å²) in [4.78, 5) is 16.6. The van der Waals surface area contributed by atoms with Crippen LogP contribution in [-0.4, -0.2) is 70.7 Å². The van der Waals surface area contributed by atoms with Crippen molar-refractivity contribution < 1.29 is 18.4 Å². The fraction of sp³-hybridized carbons (Fsp3) is 0.464. The van der Waals surface area contributed by atoms with Gasteiger partial charge >= 0.3 is 0 Å². The lowest BCUT2D eigenvalue weighted by Gasteiger charge is -2.34. The highest BCUT2D eigenvalue weighted by molar-refractivity contribution is 7.93. The van der Waals surface area contributed by atoms with E-state index in [-0.39, 0.29) is 11.3 Å². The van der Waals surface area contributed by atoms with Gasteiger partial charge in [0.25, 0.3) is 0 Å². The van der Waals surface area contributed by atoms with Crippen LogP contribution in [-0.2, 0) is 27.3 Å². The Morgan fingerprint density at radius 1 is 1.05 bits per heavy atom. The average molecular weight is 538 g/mol. The minimum Gasteiger partial charge on any atom is -0.497 e. The predicted octanol–water partition coefficient (Wildman–Crippen LogP) is 4.46. The van der Waals surface area contributed by atoms with Crippen LogP contribution in [0.2, 0.25) is 0 Å². The molecule has 1 aliphatic heterocycles. The van der Waals surface area contributed by atoms with Crippen LogP contribution in [0.4, 0.5) is 11.6 Å². The molecule has 0 N–H and O–H groups in total. The zero-order valence-corrected chi connectivity index (χ0v) is 23.2. The van der Waals surface area contributed by atoms with Gasteiger partial charge in [0.15, 0.2) is 11.6 Å². The Kier molecular flexibility index (Phi) is 7.80. The minimum absolute atomic E-state index is 0.136. The number of aryl methyl sites for hydroxylation is 2. The van der Waals surface area contributed by atoms with Crippen molar-refractivity contribution >= 4 is 21.4 Å². The molecule has 2 fully saturated rings. The molecule has 3 aromatic rings. The molecular formula is C28H35N5O4S. The van der Waals surface area contributed by atoms with Crippen molar-refractivity contribution in [3.8, 4) is 23.0 Å². The van der Waals surface area contributed by atoms with Gasteiger partial charge in [-0.15, -0.1) is 0 Å². The lowest BCUT2D eigenvalue weighted by atomic mass is 10.1. The van der Waals surface area contributed by atoms with E-state index in [2.05, 4.69) is 33.3 Å². The summed E-state index contributed by atoms with van der Waals surface area (Å²) >= 11 is 0. The highest BCUT2D eigenvalue weighted by atomic mass is 32.2. The molecule has 2 aromatic heterocycles. The first-order valence-electron chi connectivity index (χ1n) is 13.0. The van der Waals surface area contributed by atoms with Gasteiger partial charge in [0.05, 0.1) is 43.2 Å². The van der Waals surface area contributed by atoms with E-state index < -0.39 is 9.73 Å². The predicted molar refractivity (Wildman–Crippen MR) is 149 cm³/mol. The highest BCUT2D eigenvalue weighted by Gasteiger charge is 2.31. The van der Waals surface area contributed by atoms with Crippen LogP contribution in [0.1, 0.15) is 31.0 Å². The van der Waals surface area contributed by atoms with E-state index in [1.807, 2.05) is 30.3 Å². The van der Waals surface area contributed by atoms with Crippen LogP contribution in [0.3, 0.4) is 0 Å². The van der Waals surface area contributed by atoms with Gasteiger partial charge in [0.1, 0.15) is 11.6 Å². The lowest BCUT2D eigenvalue weighted by molar-refractivity contribution is 0.0985. The molecule has 9 nitrogen and oxygen atoms in total. The number of morpholine rings is 1. The van der Waals surface area contributed by atoms with Gasteiger partial charge in [-0.1, -0.05) is 12.1 Å². The van der Waals surface area contributed by atoms with Crippen molar-refractivity contribution in [3.05, 3.63) is 53.7 Å². The van der Waals surface area contributed by atoms with Crippen LogP contribution in [0.25, 0.3) is 11.4 Å². The van der Waals surface area contributed by atoms with Crippen molar-refractivity contribution in [1.29, 1.82) is 0 Å². The van der Waals surface area contributed by atoms with Gasteiger partial charge in [-0.25, -0.2) is 19.2 Å². The molecule has 202 valence electrons. The summed E-state index contributed by atoms with van der Waals surface area (Å²) in [5, 5.41) is 0.136. The molecule has 1 unspecified atom stereocenters. The second kappa shape index (κ2) is 11.2. The molecule has 0 spiro atoms. The van der Waals surface area contributed by atoms with Gasteiger partial charge in [-0.3, -0.25) is 0 Å². The monoisotopic (exact) mass is 537 g/mol. The number of rotatable bonds is 9. The number of anilines is 1. The van der Waals surface area contributed by atoms with Crippen molar-refractivity contribution in [2.75, 3.05) is 45.1 Å². The molecule has 1 aliphatic carbocycles. The smallest absolute Gasteiger partial charge is 0.213 e. The Morgan fingerprint density at radius 3 is 2.53 bits per heavy atom. The summed E-state index contributed by atoms with van der Waals surface area (Å²) in [5.74, 6) is 3.04. The van der Waals surface area contributed by atoms with Crippen molar-refractivity contribution in [3.63, 3.8) is 0 Å². The number of nitrogens with zero attached hydrogens (tertiary/aromatic N) is 5. The first-order valence-corrected chi connectivity index (χ1v) is 15.0. The molecule has 10 heteroatoms. The molecule has 2 atom stereocenters. The standard InChI is InChI=1S/C28H35N5O4S/c1-19-18-37-14-13-33(19)26-17-25(32-38(4,34)24-11-12-24)30-28(31-26)21-15-22(29-27(16-21)36-3)8-5-20-6-9-23(35-2)10-7-20/h6-7,9-10,15-17,19,24H,5,8,11-14,18H2,1-4H3/t19-,38?/m1/s1. The topological polar surface area (TPSA) is 99.0 Å². The largest absolute Gasteiger partial charge is 0.497 e. The Morgan fingerprint density at radius 2 is 1.84 bits per heavy atom. The fourth-order valence-electron chi connectivity index (χ4n) is 4.56. The summed E-state index contributed by atoms with van der Waals surface area (Å²) in [5.41, 5.74) is 2.85. The number of benzene rings is 1. The Labute approximate surface area is 224 Å². The SMILES string of the molecule is COc1ccc(CCc2cc(-c3nc(N=S(C)(=O)C4CC4)cc(N4CCOC[C@H]4C)n3)cc(OC)n2)cc1. The molecule has 5 rings (SSSR count). The van der Waals surface area contributed by atoms with Crippen LogP contribution in [0.15, 0.2) is 46.8 Å². The number of methoxy groups -OCH3 is 2. The number of hydrogen-bond donors (Lipinski definition) is 0. The molecule has 1 saturated heterocycles. The fourth-order valence-corrected chi connectivity index (χ4v) is 6.19. The van der Waals surface area contributed by atoms with Crippen LogP contribution < -0.4 is 14.4 Å². The quantitative estimate of drug-likeness (QED) is 0.395. The summed E-state index contributed by atoms with van der Waals surface area (Å²) in [7, 11) is 0.900. The molecule has 0 amide bonds. The normalized spacial score (nSPS) is 19.1. The first kappa shape index (κ1) is 26.4. The zero-order chi connectivity index (χ0) is 26.7. The van der Waals surface area contributed by atoms with E-state index in [1.165, 1.54) is 5.56 Å². The third kappa shape index (κ3) is 6.24. The Hall–Kier alpha value is -3.24. The van der Waals surface area contributed by atoms with Gasteiger partial charge in [0, 0.05) is 41.4 Å².